The van der Waals surface area contributed by atoms with Crippen molar-refractivity contribution in [2.45, 2.75) is 57.5 Å². The van der Waals surface area contributed by atoms with E-state index in [2.05, 4.69) is 18.8 Å². The van der Waals surface area contributed by atoms with Crippen LogP contribution in [0.5, 0.6) is 0 Å². The summed E-state index contributed by atoms with van der Waals surface area (Å²) in [7, 11) is 1.59. The third-order valence-electron chi connectivity index (χ3n) is 2.69. The van der Waals surface area contributed by atoms with Gasteiger partial charge in [-0.3, -0.25) is 0 Å². The van der Waals surface area contributed by atoms with Crippen molar-refractivity contribution in [3.05, 3.63) is 12.0 Å². The first-order valence-electron chi connectivity index (χ1n) is 5.92. The monoisotopic (exact) mass is 278 g/mol. The highest BCUT2D eigenvalue weighted by Crippen LogP contribution is 2.21. The lowest BCUT2D eigenvalue weighted by Crippen LogP contribution is -2.08. The summed E-state index contributed by atoms with van der Waals surface area (Å²) in [4.78, 5) is 4.12. The second-order valence-corrected chi connectivity index (χ2v) is 6.74. The van der Waals surface area contributed by atoms with Crippen molar-refractivity contribution in [1.82, 2.24) is 9.55 Å². The first kappa shape index (κ1) is 14.5. The number of hydrogen-bond acceptors (Lipinski definition) is 3. The molecule has 98 valence electrons. The molecule has 0 saturated heterocycles. The standard InChI is InChI=1S/C11H19ClN2O2S/c1-4-6-9(3)14-8-11(17(12,15)16)13-10(14)7-5-2/h8-9H,4-7H2,1-3H3. The third kappa shape index (κ3) is 3.71. The lowest BCUT2D eigenvalue weighted by Gasteiger charge is -2.14. The quantitative estimate of drug-likeness (QED) is 0.751. The molecule has 1 aromatic heterocycles. The van der Waals surface area contributed by atoms with Crippen LogP contribution in [0.2, 0.25) is 0 Å². The molecule has 1 atom stereocenters. The van der Waals surface area contributed by atoms with Crippen molar-refractivity contribution in [3.63, 3.8) is 0 Å². The summed E-state index contributed by atoms with van der Waals surface area (Å²) in [5.74, 6) is 0.799. The van der Waals surface area contributed by atoms with Crippen LogP contribution in [0, 0.1) is 0 Å². The van der Waals surface area contributed by atoms with Crippen LogP contribution < -0.4 is 0 Å². The van der Waals surface area contributed by atoms with Crippen molar-refractivity contribution in [1.29, 1.82) is 0 Å². The summed E-state index contributed by atoms with van der Waals surface area (Å²) in [6.07, 6.45) is 5.29. The Morgan fingerprint density at radius 3 is 2.53 bits per heavy atom. The van der Waals surface area contributed by atoms with E-state index in [1.165, 1.54) is 0 Å². The van der Waals surface area contributed by atoms with Crippen molar-refractivity contribution in [2.75, 3.05) is 0 Å². The Hall–Kier alpha value is -0.550. The van der Waals surface area contributed by atoms with Gasteiger partial charge in [-0.05, 0) is 19.8 Å². The molecule has 0 N–H and O–H groups in total. The number of nitrogens with zero attached hydrogens (tertiary/aromatic N) is 2. The maximum Gasteiger partial charge on any atom is 0.280 e. The second-order valence-electron chi connectivity index (χ2n) is 4.23. The minimum absolute atomic E-state index is 0.0365. The van der Waals surface area contributed by atoms with E-state index in [1.807, 2.05) is 11.5 Å². The highest BCUT2D eigenvalue weighted by atomic mass is 35.7. The first-order chi connectivity index (χ1) is 7.90. The van der Waals surface area contributed by atoms with Crippen molar-refractivity contribution in [3.8, 4) is 0 Å². The number of aromatic nitrogens is 2. The Morgan fingerprint density at radius 1 is 1.41 bits per heavy atom. The summed E-state index contributed by atoms with van der Waals surface area (Å²) in [5, 5.41) is -0.0365. The van der Waals surface area contributed by atoms with Crippen LogP contribution in [0.4, 0.5) is 0 Å². The van der Waals surface area contributed by atoms with E-state index >= 15 is 0 Å². The summed E-state index contributed by atoms with van der Waals surface area (Å²) in [6.45, 7) is 6.21. The van der Waals surface area contributed by atoms with Crippen LogP contribution in [0.1, 0.15) is 51.9 Å². The number of aryl methyl sites for hydroxylation is 1. The number of imidazole rings is 1. The molecule has 0 bridgehead atoms. The van der Waals surface area contributed by atoms with Crippen LogP contribution >= 0.6 is 10.7 Å². The first-order valence-corrected chi connectivity index (χ1v) is 8.23. The van der Waals surface area contributed by atoms with Gasteiger partial charge in [-0.15, -0.1) is 0 Å². The Balaban J connectivity index is 3.13. The van der Waals surface area contributed by atoms with E-state index in [0.29, 0.717) is 0 Å². The maximum absolute atomic E-state index is 11.3. The highest BCUT2D eigenvalue weighted by Gasteiger charge is 2.19. The Labute approximate surface area is 107 Å². The molecule has 0 radical (unpaired) electrons. The van der Waals surface area contributed by atoms with Gasteiger partial charge in [0.1, 0.15) is 5.82 Å². The Kier molecular flexibility index (Phi) is 5.01. The summed E-state index contributed by atoms with van der Waals surface area (Å²) in [5.41, 5.74) is 0. The van der Waals surface area contributed by atoms with E-state index in [4.69, 9.17) is 10.7 Å². The van der Waals surface area contributed by atoms with E-state index in [0.717, 1.165) is 31.5 Å². The summed E-state index contributed by atoms with van der Waals surface area (Å²) >= 11 is 0. The molecule has 0 saturated carbocycles. The molecule has 0 aliphatic rings. The minimum atomic E-state index is -3.73. The van der Waals surface area contributed by atoms with Gasteiger partial charge in [0.05, 0.1) is 0 Å². The SMILES string of the molecule is CCCc1nc(S(=O)(=O)Cl)cn1C(C)CCC. The van der Waals surface area contributed by atoms with Gasteiger partial charge in [0.2, 0.25) is 0 Å². The molecule has 1 unspecified atom stereocenters. The molecule has 0 fully saturated rings. The van der Waals surface area contributed by atoms with Gasteiger partial charge in [-0.25, -0.2) is 13.4 Å². The molecule has 0 aliphatic heterocycles. The van der Waals surface area contributed by atoms with E-state index in [9.17, 15) is 8.42 Å². The summed E-state index contributed by atoms with van der Waals surface area (Å²) < 4.78 is 24.5. The molecular weight excluding hydrogens is 260 g/mol. The zero-order valence-electron chi connectivity index (χ0n) is 10.5. The average Bonchev–Trinajstić information content (AvgIpc) is 2.62. The predicted molar refractivity (Wildman–Crippen MR) is 68.9 cm³/mol. The minimum Gasteiger partial charge on any atom is -0.331 e. The molecule has 0 spiro atoms. The van der Waals surface area contributed by atoms with Crippen molar-refractivity contribution in [2.24, 2.45) is 0 Å². The predicted octanol–water partition coefficient (Wildman–Crippen LogP) is 3.12. The fraction of sp³-hybridized carbons (Fsp3) is 0.727. The van der Waals surface area contributed by atoms with Gasteiger partial charge < -0.3 is 4.57 Å². The zero-order chi connectivity index (χ0) is 13.1. The van der Waals surface area contributed by atoms with E-state index in [-0.39, 0.29) is 11.1 Å². The van der Waals surface area contributed by atoms with Gasteiger partial charge >= 0.3 is 0 Å². The molecule has 4 nitrogen and oxygen atoms in total. The zero-order valence-corrected chi connectivity index (χ0v) is 12.1. The highest BCUT2D eigenvalue weighted by molar-refractivity contribution is 8.13. The smallest absolute Gasteiger partial charge is 0.280 e. The lowest BCUT2D eigenvalue weighted by atomic mass is 10.2. The van der Waals surface area contributed by atoms with Crippen LogP contribution in [-0.4, -0.2) is 18.0 Å². The molecule has 6 heteroatoms. The van der Waals surface area contributed by atoms with Crippen LogP contribution in [0.3, 0.4) is 0 Å². The normalized spacial score (nSPS) is 13.9. The van der Waals surface area contributed by atoms with E-state index in [1.54, 1.807) is 6.20 Å². The molecule has 17 heavy (non-hydrogen) atoms. The lowest BCUT2D eigenvalue weighted by molar-refractivity contribution is 0.480. The molecule has 1 aromatic rings. The fourth-order valence-corrected chi connectivity index (χ4v) is 2.55. The van der Waals surface area contributed by atoms with Gasteiger partial charge in [0, 0.05) is 29.3 Å². The van der Waals surface area contributed by atoms with Crippen LogP contribution in [-0.2, 0) is 15.5 Å². The van der Waals surface area contributed by atoms with Gasteiger partial charge in [-0.2, -0.15) is 0 Å². The number of hydrogen-bond donors (Lipinski definition) is 0. The number of halogens is 1. The third-order valence-corrected chi connectivity index (χ3v) is 3.86. The number of rotatable bonds is 6. The molecule has 1 heterocycles. The topological polar surface area (TPSA) is 52.0 Å². The largest absolute Gasteiger partial charge is 0.331 e. The molecule has 0 amide bonds. The Morgan fingerprint density at radius 2 is 2.06 bits per heavy atom. The average molecular weight is 279 g/mol. The van der Waals surface area contributed by atoms with Crippen LogP contribution in [0.15, 0.2) is 11.2 Å². The molecule has 0 aliphatic carbocycles. The fourth-order valence-electron chi connectivity index (χ4n) is 1.87. The van der Waals surface area contributed by atoms with Gasteiger partial charge in [0.15, 0.2) is 5.03 Å². The van der Waals surface area contributed by atoms with Crippen molar-refractivity contribution < 1.29 is 8.42 Å². The molecular formula is C11H19ClN2O2S. The molecule has 0 aromatic carbocycles. The van der Waals surface area contributed by atoms with Crippen molar-refractivity contribution >= 4 is 19.7 Å². The maximum atomic E-state index is 11.3. The van der Waals surface area contributed by atoms with E-state index < -0.39 is 9.05 Å². The Bertz CT molecular complexity index is 468. The van der Waals surface area contributed by atoms with Crippen LogP contribution in [0.25, 0.3) is 0 Å². The second kappa shape index (κ2) is 5.87. The van der Waals surface area contributed by atoms with Gasteiger partial charge in [0.25, 0.3) is 9.05 Å². The van der Waals surface area contributed by atoms with Gasteiger partial charge in [-0.1, -0.05) is 20.3 Å². The summed E-state index contributed by atoms with van der Waals surface area (Å²) in [6, 6.07) is 0.251. The molecule has 1 rings (SSSR count).